The average Bonchev–Trinajstić information content (AvgIpc) is 3.95. The third-order valence-electron chi connectivity index (χ3n) is 11.8. The minimum absolute atomic E-state index is 0.629. The molecule has 0 aliphatic carbocycles. The van der Waals surface area contributed by atoms with E-state index >= 15 is 0 Å². The quantitative estimate of drug-likeness (QED) is 0.168. The van der Waals surface area contributed by atoms with Gasteiger partial charge in [-0.05, 0) is 76.1 Å². The number of thiophene rings is 1. The highest BCUT2D eigenvalue weighted by atomic mass is 32.1. The van der Waals surface area contributed by atoms with Crippen LogP contribution in [0.3, 0.4) is 0 Å². The molecule has 0 spiro atoms. The molecule has 248 valence electrons. The molecule has 0 fully saturated rings. The minimum Gasteiger partial charge on any atom is -0.452 e. The van der Waals surface area contributed by atoms with Crippen molar-refractivity contribution in [2.75, 3.05) is 0 Å². The van der Waals surface area contributed by atoms with Crippen LogP contribution < -0.4 is 0 Å². The Morgan fingerprint density at radius 3 is 2.19 bits per heavy atom. The van der Waals surface area contributed by atoms with Crippen LogP contribution >= 0.6 is 11.3 Å². The number of furan rings is 1. The Morgan fingerprint density at radius 2 is 1.22 bits per heavy atom. The van der Waals surface area contributed by atoms with Gasteiger partial charge in [0.15, 0.2) is 5.58 Å². The van der Waals surface area contributed by atoms with Crippen molar-refractivity contribution in [2.24, 2.45) is 0 Å². The van der Waals surface area contributed by atoms with E-state index < -0.39 is 0 Å². The van der Waals surface area contributed by atoms with Crippen LogP contribution in [0.15, 0.2) is 150 Å². The second kappa shape index (κ2) is 9.50. The van der Waals surface area contributed by atoms with Gasteiger partial charge in [-0.2, -0.15) is 0 Å². The lowest BCUT2D eigenvalue weighted by Crippen LogP contribution is -2.03. The summed E-state index contributed by atoms with van der Waals surface area (Å²) in [6.07, 6.45) is 0. The van der Waals surface area contributed by atoms with Crippen LogP contribution in [0.25, 0.3) is 130 Å². The van der Waals surface area contributed by atoms with Gasteiger partial charge < -0.3 is 8.82 Å². The number of nitrogens with zero attached hydrogens (tertiary/aromatic N) is 4. The third kappa shape index (κ3) is 3.24. The fraction of sp³-hybridized carbons (Fsp3) is 0. The molecule has 6 aromatic heterocycles. The van der Waals surface area contributed by atoms with Gasteiger partial charge in [-0.1, -0.05) is 91.0 Å². The Hall–Kier alpha value is -7.02. The fourth-order valence-corrected chi connectivity index (χ4v) is 10.8. The zero-order valence-corrected chi connectivity index (χ0v) is 29.3. The monoisotopic (exact) mass is 704 g/mol. The number of hydrogen-bond donors (Lipinski definition) is 0. The molecule has 0 aliphatic rings. The maximum Gasteiger partial charge on any atom is 0.236 e. The number of para-hydroxylation sites is 2. The predicted octanol–water partition coefficient (Wildman–Crippen LogP) is 13.2. The Balaban J connectivity index is 1.16. The molecule has 0 aliphatic heterocycles. The van der Waals surface area contributed by atoms with E-state index in [1.54, 1.807) is 0 Å². The largest absolute Gasteiger partial charge is 0.452 e. The molecule has 0 N–H and O–H groups in total. The first-order valence-corrected chi connectivity index (χ1v) is 19.1. The third-order valence-corrected chi connectivity index (χ3v) is 13.0. The molecule has 6 heterocycles. The molecule has 14 rings (SSSR count). The lowest BCUT2D eigenvalue weighted by Gasteiger charge is -2.11. The lowest BCUT2D eigenvalue weighted by atomic mass is 9.99. The van der Waals surface area contributed by atoms with Gasteiger partial charge in [-0.3, -0.25) is 4.57 Å². The summed E-state index contributed by atoms with van der Waals surface area (Å²) >= 11 is 1.87. The van der Waals surface area contributed by atoms with E-state index in [0.29, 0.717) is 11.5 Å². The number of fused-ring (bicyclic) bond motifs is 10. The van der Waals surface area contributed by atoms with Crippen molar-refractivity contribution in [1.82, 2.24) is 18.9 Å². The molecule has 0 atom stereocenters. The second-order valence-electron chi connectivity index (χ2n) is 14.5. The molecule has 14 aromatic rings. The molecular weight excluding hydrogens is 681 g/mol. The number of benzene rings is 8. The lowest BCUT2D eigenvalue weighted by molar-refractivity contribution is 0.666. The second-order valence-corrected chi connectivity index (χ2v) is 15.6. The molecule has 8 aromatic carbocycles. The van der Waals surface area contributed by atoms with Gasteiger partial charge in [-0.25, -0.2) is 9.97 Å². The van der Waals surface area contributed by atoms with Gasteiger partial charge in [0.25, 0.3) is 0 Å². The highest BCUT2D eigenvalue weighted by molar-refractivity contribution is 7.26. The van der Waals surface area contributed by atoms with Crippen LogP contribution in [-0.4, -0.2) is 18.9 Å². The first kappa shape index (κ1) is 27.6. The average molecular weight is 705 g/mol. The summed E-state index contributed by atoms with van der Waals surface area (Å²) in [4.78, 5) is 10.9. The van der Waals surface area contributed by atoms with Crippen molar-refractivity contribution in [3.63, 3.8) is 0 Å². The van der Waals surface area contributed by atoms with Gasteiger partial charge in [-0.15, -0.1) is 11.3 Å². The molecular formula is C48H24N4OS. The van der Waals surface area contributed by atoms with Gasteiger partial charge in [0, 0.05) is 52.7 Å². The van der Waals surface area contributed by atoms with Crippen molar-refractivity contribution < 1.29 is 4.42 Å². The van der Waals surface area contributed by atoms with E-state index in [2.05, 4.69) is 142 Å². The number of hydrogen-bond acceptors (Lipinski definition) is 4. The highest BCUT2D eigenvalue weighted by Gasteiger charge is 2.27. The summed E-state index contributed by atoms with van der Waals surface area (Å²) in [6, 6.07) is 52.5. The zero-order chi connectivity index (χ0) is 34.8. The van der Waals surface area contributed by atoms with Crippen LogP contribution in [-0.2, 0) is 0 Å². The topological polar surface area (TPSA) is 48.3 Å². The Morgan fingerprint density at radius 1 is 0.481 bits per heavy atom. The SMILES string of the molecule is c1ccc2c(c1)ccc1cc(-c3nc(-n4c5ccc6sc7cccc8c7c6c5c5c4ccc4c6ccccc6n8c45)nc4c3oc3ccccc34)ccc12. The summed E-state index contributed by atoms with van der Waals surface area (Å²) in [6.45, 7) is 0. The molecule has 5 nitrogen and oxygen atoms in total. The van der Waals surface area contributed by atoms with Crippen LogP contribution in [0.2, 0.25) is 0 Å². The zero-order valence-electron chi connectivity index (χ0n) is 28.5. The standard InChI is InChI=1S/C48H24N4OS/c1-2-9-28-25(8-1)16-17-26-24-27(18-19-29(26)28)44-47-45(32-11-4-6-14-37(32)53-47)50-48(49-44)52-35-22-23-39-43-40-34(13-7-15-38(40)54-39)51-33-12-5-3-10-30(33)31-20-21-36(52)42(41(35)43)46(31)51/h1-24H. The smallest absolute Gasteiger partial charge is 0.236 e. The number of rotatable bonds is 2. The fourth-order valence-electron chi connectivity index (χ4n) is 9.62. The van der Waals surface area contributed by atoms with Crippen LogP contribution in [0.4, 0.5) is 0 Å². The molecule has 6 heteroatoms. The maximum atomic E-state index is 6.62. The number of aromatic nitrogens is 4. The molecule has 0 saturated heterocycles. The van der Waals surface area contributed by atoms with Crippen molar-refractivity contribution in [3.05, 3.63) is 146 Å². The van der Waals surface area contributed by atoms with Crippen molar-refractivity contribution in [3.8, 4) is 17.2 Å². The summed E-state index contributed by atoms with van der Waals surface area (Å²) in [5.41, 5.74) is 9.95. The van der Waals surface area contributed by atoms with Crippen molar-refractivity contribution in [2.45, 2.75) is 0 Å². The van der Waals surface area contributed by atoms with Gasteiger partial charge in [0.2, 0.25) is 5.95 Å². The first-order valence-electron chi connectivity index (χ1n) is 18.2. The summed E-state index contributed by atoms with van der Waals surface area (Å²) in [7, 11) is 0. The van der Waals surface area contributed by atoms with Crippen LogP contribution in [0, 0.1) is 0 Å². The Kier molecular flexibility index (Phi) is 4.85. The molecule has 0 radical (unpaired) electrons. The maximum absolute atomic E-state index is 6.62. The van der Waals surface area contributed by atoms with E-state index in [1.165, 1.54) is 74.4 Å². The van der Waals surface area contributed by atoms with Crippen molar-refractivity contribution >= 4 is 124 Å². The van der Waals surface area contributed by atoms with Gasteiger partial charge in [0.1, 0.15) is 16.8 Å². The Labute approximate surface area is 309 Å². The molecule has 0 unspecified atom stereocenters. The summed E-state index contributed by atoms with van der Waals surface area (Å²) in [5.74, 6) is 0.629. The molecule has 0 amide bonds. The van der Waals surface area contributed by atoms with Gasteiger partial charge >= 0.3 is 0 Å². The predicted molar refractivity (Wildman–Crippen MR) is 225 cm³/mol. The minimum atomic E-state index is 0.629. The van der Waals surface area contributed by atoms with Crippen LogP contribution in [0.1, 0.15) is 0 Å². The van der Waals surface area contributed by atoms with Crippen molar-refractivity contribution in [1.29, 1.82) is 0 Å². The summed E-state index contributed by atoms with van der Waals surface area (Å²) in [5, 5.41) is 13.4. The highest BCUT2D eigenvalue weighted by Crippen LogP contribution is 2.50. The van der Waals surface area contributed by atoms with E-state index in [-0.39, 0.29) is 0 Å². The Bertz CT molecular complexity index is 3920. The molecule has 0 bridgehead atoms. The van der Waals surface area contributed by atoms with E-state index in [9.17, 15) is 0 Å². The first-order chi connectivity index (χ1) is 26.8. The summed E-state index contributed by atoms with van der Waals surface area (Å²) < 4.78 is 14.0. The molecule has 0 saturated carbocycles. The van der Waals surface area contributed by atoms with E-state index in [1.807, 2.05) is 23.5 Å². The molecule has 54 heavy (non-hydrogen) atoms. The normalized spacial score (nSPS) is 12.8. The van der Waals surface area contributed by atoms with Gasteiger partial charge in [0.05, 0.1) is 27.6 Å². The van der Waals surface area contributed by atoms with E-state index in [0.717, 1.165) is 44.2 Å². The van der Waals surface area contributed by atoms with E-state index in [4.69, 9.17) is 14.4 Å². The van der Waals surface area contributed by atoms with Crippen LogP contribution in [0.5, 0.6) is 0 Å².